The molecule has 0 saturated carbocycles. The number of rotatable bonds is 5. The molecule has 0 aromatic heterocycles. The largest absolute Gasteiger partial charge is 0.271 e. The van der Waals surface area contributed by atoms with Crippen LogP contribution >= 0.6 is 15.9 Å². The number of hydrogen-bond acceptors (Lipinski definition) is 2. The summed E-state index contributed by atoms with van der Waals surface area (Å²) in [7, 11) is 0. The van der Waals surface area contributed by atoms with Crippen LogP contribution in [0.5, 0.6) is 0 Å². The van der Waals surface area contributed by atoms with Crippen molar-refractivity contribution in [3.63, 3.8) is 0 Å². The van der Waals surface area contributed by atoms with Gasteiger partial charge in [0.05, 0.1) is 0 Å². The molecule has 2 aromatic rings. The average molecular weight is 341 g/mol. The van der Waals surface area contributed by atoms with Gasteiger partial charge in [0.2, 0.25) is 0 Å². The van der Waals surface area contributed by atoms with Gasteiger partial charge in [-0.05, 0) is 48.2 Å². The molecule has 0 bridgehead atoms. The van der Waals surface area contributed by atoms with E-state index in [1.54, 1.807) is 0 Å². The van der Waals surface area contributed by atoms with Crippen molar-refractivity contribution < 1.29 is 8.78 Å². The van der Waals surface area contributed by atoms with Crippen molar-refractivity contribution in [3.05, 3.63) is 69.7 Å². The van der Waals surface area contributed by atoms with Crippen molar-refractivity contribution in [3.8, 4) is 0 Å². The van der Waals surface area contributed by atoms with Gasteiger partial charge < -0.3 is 0 Å². The van der Waals surface area contributed by atoms with E-state index in [0.29, 0.717) is 18.4 Å². The Balaban J connectivity index is 2.13. The molecule has 106 valence electrons. The lowest BCUT2D eigenvalue weighted by atomic mass is 9.99. The first-order valence-corrected chi connectivity index (χ1v) is 7.03. The normalized spacial score (nSPS) is 12.4. The second kappa shape index (κ2) is 6.92. The zero-order valence-corrected chi connectivity index (χ0v) is 12.3. The number of halogens is 3. The molecule has 1 atom stereocenters. The molecule has 2 rings (SSSR count). The third kappa shape index (κ3) is 3.85. The molecular weight excluding hydrogens is 326 g/mol. The lowest BCUT2D eigenvalue weighted by Crippen LogP contribution is -2.38. The Morgan fingerprint density at radius 3 is 2.45 bits per heavy atom. The van der Waals surface area contributed by atoms with E-state index >= 15 is 0 Å². The first-order chi connectivity index (χ1) is 9.60. The molecule has 5 heteroatoms. The SMILES string of the molecule is NNC(Cc1cc(F)ccc1F)Cc1ccccc1Br. The van der Waals surface area contributed by atoms with E-state index in [0.717, 1.165) is 22.2 Å². The minimum absolute atomic E-state index is 0.176. The van der Waals surface area contributed by atoms with Crippen LogP contribution in [0, 0.1) is 11.6 Å². The maximum atomic E-state index is 13.6. The molecule has 2 aromatic carbocycles. The standard InChI is InChI=1S/C15H15BrF2N2/c16-14-4-2-1-3-10(14)8-13(20-19)9-11-7-12(17)5-6-15(11)18/h1-7,13,20H,8-9,19H2. The van der Waals surface area contributed by atoms with E-state index in [1.165, 1.54) is 6.07 Å². The Hall–Kier alpha value is -1.30. The third-order valence-electron chi connectivity index (χ3n) is 3.13. The number of benzene rings is 2. The van der Waals surface area contributed by atoms with Crippen LogP contribution in [0.2, 0.25) is 0 Å². The van der Waals surface area contributed by atoms with E-state index in [2.05, 4.69) is 21.4 Å². The fourth-order valence-corrected chi connectivity index (χ4v) is 2.53. The lowest BCUT2D eigenvalue weighted by Gasteiger charge is -2.17. The van der Waals surface area contributed by atoms with Gasteiger partial charge in [-0.1, -0.05) is 34.1 Å². The molecule has 0 spiro atoms. The van der Waals surface area contributed by atoms with Crippen molar-refractivity contribution in [1.29, 1.82) is 0 Å². The molecule has 1 unspecified atom stereocenters. The summed E-state index contributed by atoms with van der Waals surface area (Å²) in [6.45, 7) is 0. The van der Waals surface area contributed by atoms with Gasteiger partial charge in [-0.2, -0.15) is 0 Å². The summed E-state index contributed by atoms with van der Waals surface area (Å²) in [5.41, 5.74) is 4.04. The van der Waals surface area contributed by atoms with Crippen molar-refractivity contribution >= 4 is 15.9 Å². The number of nitrogens with one attached hydrogen (secondary N) is 1. The van der Waals surface area contributed by atoms with Crippen molar-refractivity contribution in [2.24, 2.45) is 5.84 Å². The minimum atomic E-state index is -0.446. The third-order valence-corrected chi connectivity index (χ3v) is 3.91. The molecule has 0 heterocycles. The molecule has 0 amide bonds. The Labute approximate surface area is 125 Å². The molecule has 20 heavy (non-hydrogen) atoms. The van der Waals surface area contributed by atoms with Crippen LogP contribution in [0.1, 0.15) is 11.1 Å². The van der Waals surface area contributed by atoms with Gasteiger partial charge in [0.25, 0.3) is 0 Å². The van der Waals surface area contributed by atoms with Crippen molar-refractivity contribution in [2.45, 2.75) is 18.9 Å². The summed E-state index contributed by atoms with van der Waals surface area (Å²) in [6, 6.07) is 11.0. The monoisotopic (exact) mass is 340 g/mol. The molecule has 0 aliphatic carbocycles. The summed E-state index contributed by atoms with van der Waals surface area (Å²) in [6.07, 6.45) is 0.940. The van der Waals surface area contributed by atoms with Crippen LogP contribution in [0.25, 0.3) is 0 Å². The van der Waals surface area contributed by atoms with Crippen LogP contribution < -0.4 is 11.3 Å². The lowest BCUT2D eigenvalue weighted by molar-refractivity contribution is 0.502. The Morgan fingerprint density at radius 1 is 1.05 bits per heavy atom. The predicted octanol–water partition coefficient (Wildman–Crippen LogP) is 3.34. The molecule has 2 nitrogen and oxygen atoms in total. The molecule has 0 fully saturated rings. The zero-order chi connectivity index (χ0) is 14.5. The fourth-order valence-electron chi connectivity index (χ4n) is 2.08. The van der Waals surface area contributed by atoms with Crippen LogP contribution in [0.15, 0.2) is 46.9 Å². The van der Waals surface area contributed by atoms with E-state index in [4.69, 9.17) is 5.84 Å². The Kier molecular flexibility index (Phi) is 5.23. The molecule has 3 N–H and O–H groups in total. The molecule has 0 aliphatic heterocycles. The zero-order valence-electron chi connectivity index (χ0n) is 10.7. The Morgan fingerprint density at radius 2 is 1.75 bits per heavy atom. The first kappa shape index (κ1) is 15.1. The van der Waals surface area contributed by atoms with Crippen LogP contribution in [-0.4, -0.2) is 6.04 Å². The van der Waals surface area contributed by atoms with E-state index in [1.807, 2.05) is 24.3 Å². The second-order valence-corrected chi connectivity index (χ2v) is 5.45. The highest BCUT2D eigenvalue weighted by Crippen LogP contribution is 2.19. The van der Waals surface area contributed by atoms with Crippen LogP contribution in [-0.2, 0) is 12.8 Å². The van der Waals surface area contributed by atoms with Crippen molar-refractivity contribution in [2.75, 3.05) is 0 Å². The summed E-state index contributed by atoms with van der Waals surface area (Å²) in [5, 5.41) is 0. The van der Waals surface area contributed by atoms with Gasteiger partial charge in [0, 0.05) is 10.5 Å². The van der Waals surface area contributed by atoms with E-state index < -0.39 is 11.6 Å². The summed E-state index contributed by atoms with van der Waals surface area (Å²) < 4.78 is 27.8. The van der Waals surface area contributed by atoms with E-state index in [-0.39, 0.29) is 6.04 Å². The smallest absolute Gasteiger partial charge is 0.126 e. The average Bonchev–Trinajstić information content (AvgIpc) is 2.44. The van der Waals surface area contributed by atoms with Gasteiger partial charge >= 0.3 is 0 Å². The fraction of sp³-hybridized carbons (Fsp3) is 0.200. The molecular formula is C15H15BrF2N2. The summed E-state index contributed by atoms with van der Waals surface area (Å²) >= 11 is 3.46. The van der Waals surface area contributed by atoms with Gasteiger partial charge in [0.15, 0.2) is 0 Å². The van der Waals surface area contributed by atoms with Crippen molar-refractivity contribution in [1.82, 2.24) is 5.43 Å². The van der Waals surface area contributed by atoms with Gasteiger partial charge in [0.1, 0.15) is 11.6 Å². The number of nitrogens with two attached hydrogens (primary N) is 1. The van der Waals surface area contributed by atoms with Gasteiger partial charge in [-0.3, -0.25) is 11.3 Å². The van der Waals surface area contributed by atoms with Crippen LogP contribution in [0.3, 0.4) is 0 Å². The van der Waals surface area contributed by atoms with Crippen LogP contribution in [0.4, 0.5) is 8.78 Å². The predicted molar refractivity (Wildman–Crippen MR) is 79.0 cm³/mol. The molecule has 0 saturated heterocycles. The maximum absolute atomic E-state index is 13.6. The topological polar surface area (TPSA) is 38.0 Å². The van der Waals surface area contributed by atoms with Gasteiger partial charge in [-0.25, -0.2) is 8.78 Å². The summed E-state index contributed by atoms with van der Waals surface area (Å²) in [5.74, 6) is 4.66. The maximum Gasteiger partial charge on any atom is 0.126 e. The summed E-state index contributed by atoms with van der Waals surface area (Å²) in [4.78, 5) is 0. The number of hydrazine groups is 1. The molecule has 0 radical (unpaired) electrons. The first-order valence-electron chi connectivity index (χ1n) is 6.23. The molecule has 0 aliphatic rings. The second-order valence-electron chi connectivity index (χ2n) is 4.60. The minimum Gasteiger partial charge on any atom is -0.271 e. The highest BCUT2D eigenvalue weighted by molar-refractivity contribution is 9.10. The Bertz CT molecular complexity index is 590. The van der Waals surface area contributed by atoms with E-state index in [9.17, 15) is 8.78 Å². The highest BCUT2D eigenvalue weighted by Gasteiger charge is 2.14. The highest BCUT2D eigenvalue weighted by atomic mass is 79.9. The number of hydrogen-bond donors (Lipinski definition) is 2. The quantitative estimate of drug-likeness (QED) is 0.647. The van der Waals surface area contributed by atoms with Gasteiger partial charge in [-0.15, -0.1) is 0 Å².